The Morgan fingerprint density at radius 3 is 2.65 bits per heavy atom. The summed E-state index contributed by atoms with van der Waals surface area (Å²) in [5.41, 5.74) is 0.663. The Morgan fingerprint density at radius 1 is 1.47 bits per heavy atom. The van der Waals surface area contributed by atoms with Gasteiger partial charge < -0.3 is 9.84 Å². The van der Waals surface area contributed by atoms with Crippen LogP contribution in [-0.2, 0) is 4.74 Å². The molecule has 1 N–H and O–H groups in total. The molecule has 0 aliphatic rings. The number of rotatable bonds is 5. The molecule has 4 heteroatoms. The molecule has 0 saturated carbocycles. The zero-order valence-corrected chi connectivity index (χ0v) is 13.2. The van der Waals surface area contributed by atoms with E-state index in [1.54, 1.807) is 7.11 Å². The third-order valence-electron chi connectivity index (χ3n) is 2.90. The first-order chi connectivity index (χ1) is 7.85. The molecule has 0 radical (unpaired) electrons. The molecule has 0 bridgehead atoms. The van der Waals surface area contributed by atoms with Crippen LogP contribution in [0, 0.1) is 3.57 Å². The van der Waals surface area contributed by atoms with Gasteiger partial charge in [0, 0.05) is 10.7 Å². The van der Waals surface area contributed by atoms with Gasteiger partial charge in [0.2, 0.25) is 0 Å². The van der Waals surface area contributed by atoms with Gasteiger partial charge in [0.25, 0.3) is 0 Å². The van der Waals surface area contributed by atoms with Crippen molar-refractivity contribution in [3.63, 3.8) is 0 Å². The molecule has 96 valence electrons. The van der Waals surface area contributed by atoms with Gasteiger partial charge in [0.05, 0.1) is 16.7 Å². The van der Waals surface area contributed by atoms with E-state index in [2.05, 4.69) is 22.6 Å². The molecule has 1 atom stereocenters. The summed E-state index contributed by atoms with van der Waals surface area (Å²) in [6.07, 6.45) is 0.977. The summed E-state index contributed by atoms with van der Waals surface area (Å²) in [6.45, 7) is 4.03. The number of benzene rings is 1. The van der Waals surface area contributed by atoms with Crippen LogP contribution in [0.1, 0.15) is 38.4 Å². The lowest BCUT2D eigenvalue weighted by Gasteiger charge is -2.24. The van der Waals surface area contributed by atoms with Gasteiger partial charge in [0.1, 0.15) is 0 Å². The van der Waals surface area contributed by atoms with Crippen LogP contribution >= 0.6 is 34.2 Å². The molecule has 0 aliphatic heterocycles. The zero-order chi connectivity index (χ0) is 13.1. The molecule has 1 aromatic rings. The normalized spacial score (nSPS) is 13.8. The summed E-state index contributed by atoms with van der Waals surface area (Å²) in [7, 11) is 1.69. The van der Waals surface area contributed by atoms with Gasteiger partial charge >= 0.3 is 0 Å². The minimum atomic E-state index is -0.487. The largest absolute Gasteiger partial charge is 0.388 e. The van der Waals surface area contributed by atoms with E-state index in [1.165, 1.54) is 0 Å². The highest BCUT2D eigenvalue weighted by Crippen LogP contribution is 2.27. The van der Waals surface area contributed by atoms with Crippen molar-refractivity contribution in [2.24, 2.45) is 0 Å². The lowest BCUT2D eigenvalue weighted by atomic mass is 9.97. The molecule has 0 aliphatic carbocycles. The second kappa shape index (κ2) is 6.36. The standard InChI is InChI=1S/C13H18ClIO2/c1-13(2,17-3)7-6-12(16)9-4-5-11(15)10(14)8-9/h4-5,8,12,16H,6-7H2,1-3H3. The van der Waals surface area contributed by atoms with Crippen molar-refractivity contribution < 1.29 is 9.84 Å². The Kier molecular flexibility index (Phi) is 5.70. The fraction of sp³-hybridized carbons (Fsp3) is 0.538. The van der Waals surface area contributed by atoms with Gasteiger partial charge in [-0.1, -0.05) is 17.7 Å². The Balaban J connectivity index is 2.64. The highest BCUT2D eigenvalue weighted by molar-refractivity contribution is 14.1. The molecule has 1 unspecified atom stereocenters. The van der Waals surface area contributed by atoms with Crippen molar-refractivity contribution in [2.75, 3.05) is 7.11 Å². The quantitative estimate of drug-likeness (QED) is 0.790. The smallest absolute Gasteiger partial charge is 0.0791 e. The average Bonchev–Trinajstić information content (AvgIpc) is 2.30. The molecule has 0 heterocycles. The van der Waals surface area contributed by atoms with E-state index in [-0.39, 0.29) is 5.60 Å². The topological polar surface area (TPSA) is 29.5 Å². The summed E-state index contributed by atoms with van der Waals surface area (Å²) >= 11 is 8.20. The number of halogens is 2. The van der Waals surface area contributed by atoms with Gasteiger partial charge in [-0.15, -0.1) is 0 Å². The molecule has 0 fully saturated rings. The number of hydrogen-bond acceptors (Lipinski definition) is 2. The molecule has 0 spiro atoms. The first-order valence-electron chi connectivity index (χ1n) is 5.54. The third-order valence-corrected chi connectivity index (χ3v) is 4.47. The first-order valence-corrected chi connectivity index (χ1v) is 6.99. The van der Waals surface area contributed by atoms with Gasteiger partial charge in [0.15, 0.2) is 0 Å². The monoisotopic (exact) mass is 368 g/mol. The lowest BCUT2D eigenvalue weighted by molar-refractivity contribution is 0.00279. The molecule has 0 aromatic heterocycles. The van der Waals surface area contributed by atoms with Gasteiger partial charge in [-0.25, -0.2) is 0 Å². The van der Waals surface area contributed by atoms with Crippen LogP contribution in [0.15, 0.2) is 18.2 Å². The van der Waals surface area contributed by atoms with E-state index >= 15 is 0 Å². The molecule has 2 nitrogen and oxygen atoms in total. The van der Waals surface area contributed by atoms with E-state index in [0.29, 0.717) is 11.4 Å². The van der Waals surface area contributed by atoms with Crippen molar-refractivity contribution in [3.8, 4) is 0 Å². The Hall–Kier alpha value is 0.160. The van der Waals surface area contributed by atoms with Crippen LogP contribution in [0.2, 0.25) is 5.02 Å². The third kappa shape index (κ3) is 4.73. The molecule has 0 saturated heterocycles. The maximum absolute atomic E-state index is 10.1. The number of aliphatic hydroxyl groups excluding tert-OH is 1. The molecular weight excluding hydrogens is 350 g/mol. The van der Waals surface area contributed by atoms with Crippen molar-refractivity contribution in [2.45, 2.75) is 38.4 Å². The fourth-order valence-electron chi connectivity index (χ4n) is 1.47. The Morgan fingerprint density at radius 2 is 2.12 bits per heavy atom. The second-order valence-electron chi connectivity index (χ2n) is 4.69. The van der Waals surface area contributed by atoms with Gasteiger partial charge in [-0.05, 0) is 67.0 Å². The van der Waals surface area contributed by atoms with Crippen LogP contribution in [0.25, 0.3) is 0 Å². The minimum Gasteiger partial charge on any atom is -0.388 e. The average molecular weight is 369 g/mol. The van der Waals surface area contributed by atoms with Crippen LogP contribution < -0.4 is 0 Å². The maximum atomic E-state index is 10.1. The second-order valence-corrected chi connectivity index (χ2v) is 6.26. The van der Waals surface area contributed by atoms with E-state index < -0.39 is 6.10 Å². The van der Waals surface area contributed by atoms with Crippen LogP contribution in [0.3, 0.4) is 0 Å². The Labute approximate surface area is 121 Å². The summed E-state index contributed by atoms with van der Waals surface area (Å²) in [4.78, 5) is 0. The van der Waals surface area contributed by atoms with E-state index in [1.807, 2.05) is 32.0 Å². The van der Waals surface area contributed by atoms with E-state index in [4.69, 9.17) is 16.3 Å². The van der Waals surface area contributed by atoms with Crippen molar-refractivity contribution in [1.29, 1.82) is 0 Å². The summed E-state index contributed by atoms with van der Waals surface area (Å²) in [5.74, 6) is 0. The minimum absolute atomic E-state index is 0.200. The molecule has 1 rings (SSSR count). The molecule has 17 heavy (non-hydrogen) atoms. The van der Waals surface area contributed by atoms with E-state index in [9.17, 15) is 5.11 Å². The molecule has 0 amide bonds. The first kappa shape index (κ1) is 15.2. The van der Waals surface area contributed by atoms with Gasteiger partial charge in [-0.2, -0.15) is 0 Å². The number of hydrogen-bond donors (Lipinski definition) is 1. The van der Waals surface area contributed by atoms with Crippen molar-refractivity contribution in [3.05, 3.63) is 32.4 Å². The van der Waals surface area contributed by atoms with Crippen molar-refractivity contribution >= 4 is 34.2 Å². The van der Waals surface area contributed by atoms with Crippen molar-refractivity contribution in [1.82, 2.24) is 0 Å². The maximum Gasteiger partial charge on any atom is 0.0791 e. The SMILES string of the molecule is COC(C)(C)CCC(O)c1ccc(I)c(Cl)c1. The molecule has 1 aromatic carbocycles. The number of ether oxygens (including phenoxy) is 1. The van der Waals surface area contributed by atoms with Gasteiger partial charge in [-0.3, -0.25) is 0 Å². The number of methoxy groups -OCH3 is 1. The number of aliphatic hydroxyl groups is 1. The van der Waals surface area contributed by atoms with Crippen LogP contribution in [-0.4, -0.2) is 17.8 Å². The van der Waals surface area contributed by atoms with Crippen LogP contribution in [0.4, 0.5) is 0 Å². The van der Waals surface area contributed by atoms with E-state index in [0.717, 1.165) is 15.6 Å². The highest BCUT2D eigenvalue weighted by Gasteiger charge is 2.19. The highest BCUT2D eigenvalue weighted by atomic mass is 127. The summed E-state index contributed by atoms with van der Waals surface area (Å²) in [5, 5.41) is 10.8. The molecular formula is C13H18ClIO2. The lowest BCUT2D eigenvalue weighted by Crippen LogP contribution is -2.23. The predicted molar refractivity (Wildman–Crippen MR) is 79.5 cm³/mol. The zero-order valence-electron chi connectivity index (χ0n) is 10.3. The Bertz CT molecular complexity index is 380. The van der Waals surface area contributed by atoms with Crippen LogP contribution in [0.5, 0.6) is 0 Å². The summed E-state index contributed by atoms with van der Waals surface area (Å²) in [6, 6.07) is 5.66. The fourth-order valence-corrected chi connectivity index (χ4v) is 2.00. The summed E-state index contributed by atoms with van der Waals surface area (Å²) < 4.78 is 6.33. The predicted octanol–water partition coefficient (Wildman–Crippen LogP) is 4.18.